The van der Waals surface area contributed by atoms with Gasteiger partial charge in [-0.2, -0.15) is 5.26 Å². The van der Waals surface area contributed by atoms with Crippen molar-refractivity contribution in [2.24, 2.45) is 0 Å². The number of nitrogens with zero attached hydrogens (tertiary/aromatic N) is 1. The fourth-order valence-corrected chi connectivity index (χ4v) is 3.03. The van der Waals surface area contributed by atoms with Crippen LogP contribution in [-0.4, -0.2) is 33.2 Å². The third kappa shape index (κ3) is 6.15. The first-order chi connectivity index (χ1) is 16.9. The molecule has 0 unspecified atom stereocenters. The van der Waals surface area contributed by atoms with E-state index in [0.29, 0.717) is 22.7 Å². The van der Waals surface area contributed by atoms with Crippen molar-refractivity contribution in [1.82, 2.24) is 0 Å². The summed E-state index contributed by atoms with van der Waals surface area (Å²) in [4.78, 5) is 25.0. The van der Waals surface area contributed by atoms with Crippen LogP contribution in [0.4, 0.5) is 10.1 Å². The molecule has 0 saturated heterocycles. The third-order valence-electron chi connectivity index (χ3n) is 4.79. The summed E-state index contributed by atoms with van der Waals surface area (Å²) in [5, 5.41) is 12.1. The molecular weight excluding hydrogens is 455 g/mol. The molecular formula is C26H21FN2O6. The lowest BCUT2D eigenvalue weighted by Gasteiger charge is -2.11. The highest BCUT2D eigenvalue weighted by molar-refractivity contribution is 6.09. The number of benzene rings is 3. The molecule has 178 valence electrons. The summed E-state index contributed by atoms with van der Waals surface area (Å²) in [5.74, 6) is -0.570. The topological polar surface area (TPSA) is 107 Å². The smallest absolute Gasteiger partial charge is 0.343 e. The minimum atomic E-state index is -0.696. The molecule has 1 N–H and O–H groups in total. The van der Waals surface area contributed by atoms with E-state index in [1.54, 1.807) is 24.3 Å². The Hall–Kier alpha value is -4.84. The molecule has 0 radical (unpaired) electrons. The number of ether oxygens (including phenoxy) is 4. The SMILES string of the molecule is COc1ccc(NC(=O)C(C#N)=Cc2ccc(OC(=O)c3ccc(F)cc3)c(OC)c2)cc1OC. The van der Waals surface area contributed by atoms with Crippen molar-refractivity contribution in [2.75, 3.05) is 26.6 Å². The van der Waals surface area contributed by atoms with Crippen LogP contribution in [0.3, 0.4) is 0 Å². The molecule has 0 aromatic heterocycles. The third-order valence-corrected chi connectivity index (χ3v) is 4.79. The standard InChI is InChI=1S/C26H21FN2O6/c1-32-21-11-9-20(14-24(21)34-3)29-25(30)18(15-28)12-16-4-10-22(23(13-16)33-2)35-26(31)17-5-7-19(27)8-6-17/h4-14H,1-3H3,(H,29,30). The number of amides is 1. The van der Waals surface area contributed by atoms with E-state index in [1.807, 2.05) is 6.07 Å². The van der Waals surface area contributed by atoms with Crippen LogP contribution < -0.4 is 24.3 Å². The summed E-state index contributed by atoms with van der Waals surface area (Å²) in [5.41, 5.74) is 0.866. The highest BCUT2D eigenvalue weighted by Gasteiger charge is 2.15. The van der Waals surface area contributed by atoms with Crippen LogP contribution in [0.2, 0.25) is 0 Å². The largest absolute Gasteiger partial charge is 0.493 e. The van der Waals surface area contributed by atoms with Crippen molar-refractivity contribution in [3.63, 3.8) is 0 Å². The van der Waals surface area contributed by atoms with Crippen LogP contribution in [0.5, 0.6) is 23.0 Å². The van der Waals surface area contributed by atoms with Gasteiger partial charge in [-0.05, 0) is 60.2 Å². The van der Waals surface area contributed by atoms with E-state index >= 15 is 0 Å². The minimum Gasteiger partial charge on any atom is -0.493 e. The van der Waals surface area contributed by atoms with Crippen LogP contribution in [0.1, 0.15) is 15.9 Å². The Kier molecular flexibility index (Phi) is 8.03. The Labute approximate surface area is 201 Å². The van der Waals surface area contributed by atoms with Gasteiger partial charge < -0.3 is 24.3 Å². The molecule has 0 aliphatic heterocycles. The number of hydrogen-bond donors (Lipinski definition) is 1. The lowest BCUT2D eigenvalue weighted by molar-refractivity contribution is -0.112. The van der Waals surface area contributed by atoms with Gasteiger partial charge in [-0.25, -0.2) is 9.18 Å². The normalized spacial score (nSPS) is 10.7. The van der Waals surface area contributed by atoms with Crippen molar-refractivity contribution in [3.8, 4) is 29.1 Å². The van der Waals surface area contributed by atoms with Gasteiger partial charge in [0.15, 0.2) is 23.0 Å². The highest BCUT2D eigenvalue weighted by atomic mass is 19.1. The molecule has 0 aliphatic rings. The fraction of sp³-hybridized carbons (Fsp3) is 0.115. The molecule has 1 amide bonds. The molecule has 9 heteroatoms. The molecule has 0 saturated carbocycles. The van der Waals surface area contributed by atoms with Gasteiger partial charge in [0.25, 0.3) is 5.91 Å². The second-order valence-electron chi connectivity index (χ2n) is 7.00. The Morgan fingerprint density at radius 2 is 1.49 bits per heavy atom. The van der Waals surface area contributed by atoms with Crippen LogP contribution >= 0.6 is 0 Å². The van der Waals surface area contributed by atoms with E-state index in [4.69, 9.17) is 18.9 Å². The van der Waals surface area contributed by atoms with Crippen molar-refractivity contribution in [1.29, 1.82) is 5.26 Å². The number of carbonyl (C=O) groups is 2. The van der Waals surface area contributed by atoms with Crippen molar-refractivity contribution in [2.45, 2.75) is 0 Å². The average molecular weight is 476 g/mol. The number of carbonyl (C=O) groups excluding carboxylic acids is 2. The maximum Gasteiger partial charge on any atom is 0.343 e. The number of esters is 1. The predicted octanol–water partition coefficient (Wildman–Crippen LogP) is 4.62. The van der Waals surface area contributed by atoms with Crippen molar-refractivity contribution >= 4 is 23.6 Å². The van der Waals surface area contributed by atoms with Gasteiger partial charge >= 0.3 is 5.97 Å². The number of nitrogens with one attached hydrogen (secondary N) is 1. The Balaban J connectivity index is 1.79. The van der Waals surface area contributed by atoms with E-state index in [-0.39, 0.29) is 22.6 Å². The van der Waals surface area contributed by atoms with E-state index < -0.39 is 17.7 Å². The lowest BCUT2D eigenvalue weighted by atomic mass is 10.1. The lowest BCUT2D eigenvalue weighted by Crippen LogP contribution is -2.13. The second-order valence-corrected chi connectivity index (χ2v) is 7.00. The first-order valence-electron chi connectivity index (χ1n) is 10.2. The molecule has 0 aliphatic carbocycles. The Bertz CT molecular complexity index is 1310. The van der Waals surface area contributed by atoms with Crippen LogP contribution in [-0.2, 0) is 4.79 Å². The molecule has 3 aromatic carbocycles. The zero-order valence-electron chi connectivity index (χ0n) is 19.1. The molecule has 0 bridgehead atoms. The van der Waals surface area contributed by atoms with Gasteiger partial charge in [0, 0.05) is 11.8 Å². The second kappa shape index (κ2) is 11.3. The monoisotopic (exact) mass is 476 g/mol. The number of rotatable bonds is 8. The fourth-order valence-electron chi connectivity index (χ4n) is 3.03. The number of halogens is 1. The maximum absolute atomic E-state index is 13.1. The number of methoxy groups -OCH3 is 3. The van der Waals surface area contributed by atoms with Gasteiger partial charge in [-0.3, -0.25) is 4.79 Å². The molecule has 0 heterocycles. The first kappa shape index (κ1) is 24.8. The van der Waals surface area contributed by atoms with Crippen molar-refractivity contribution < 1.29 is 32.9 Å². The summed E-state index contributed by atoms with van der Waals surface area (Å²) < 4.78 is 34.1. The van der Waals surface area contributed by atoms with Gasteiger partial charge in [-0.1, -0.05) is 6.07 Å². The Morgan fingerprint density at radius 1 is 0.857 bits per heavy atom. The van der Waals surface area contributed by atoms with Gasteiger partial charge in [0.05, 0.1) is 26.9 Å². The zero-order valence-corrected chi connectivity index (χ0v) is 19.1. The predicted molar refractivity (Wildman–Crippen MR) is 126 cm³/mol. The summed E-state index contributed by atoms with van der Waals surface area (Å²) in [6.07, 6.45) is 1.37. The first-order valence-corrected chi connectivity index (χ1v) is 10.2. The number of hydrogen-bond acceptors (Lipinski definition) is 7. The van der Waals surface area contributed by atoms with E-state index in [9.17, 15) is 19.2 Å². The Morgan fingerprint density at radius 3 is 2.11 bits per heavy atom. The minimum absolute atomic E-state index is 0.118. The van der Waals surface area contributed by atoms with E-state index in [2.05, 4.69) is 5.32 Å². The molecule has 0 fully saturated rings. The summed E-state index contributed by atoms with van der Waals surface area (Å²) >= 11 is 0. The number of nitriles is 1. The van der Waals surface area contributed by atoms with Crippen LogP contribution in [0.15, 0.2) is 66.2 Å². The molecule has 8 nitrogen and oxygen atoms in total. The van der Waals surface area contributed by atoms with E-state index in [0.717, 1.165) is 12.1 Å². The quantitative estimate of drug-likeness (QED) is 0.219. The summed E-state index contributed by atoms with van der Waals surface area (Å²) in [7, 11) is 4.35. The summed E-state index contributed by atoms with van der Waals surface area (Å²) in [6, 6.07) is 16.1. The van der Waals surface area contributed by atoms with Gasteiger partial charge in [-0.15, -0.1) is 0 Å². The molecule has 35 heavy (non-hydrogen) atoms. The van der Waals surface area contributed by atoms with Gasteiger partial charge in [0.1, 0.15) is 17.5 Å². The zero-order chi connectivity index (χ0) is 25.4. The number of anilines is 1. The maximum atomic E-state index is 13.1. The van der Waals surface area contributed by atoms with Crippen LogP contribution in [0, 0.1) is 17.1 Å². The molecule has 3 rings (SSSR count). The van der Waals surface area contributed by atoms with E-state index in [1.165, 1.54) is 51.7 Å². The van der Waals surface area contributed by atoms with Crippen molar-refractivity contribution in [3.05, 3.63) is 83.2 Å². The average Bonchev–Trinajstić information content (AvgIpc) is 2.88. The van der Waals surface area contributed by atoms with Gasteiger partial charge in [0.2, 0.25) is 0 Å². The highest BCUT2D eigenvalue weighted by Crippen LogP contribution is 2.31. The molecule has 0 spiro atoms. The molecule has 3 aromatic rings. The van der Waals surface area contributed by atoms with Crippen LogP contribution in [0.25, 0.3) is 6.08 Å². The molecule has 0 atom stereocenters. The summed E-state index contributed by atoms with van der Waals surface area (Å²) in [6.45, 7) is 0.